The van der Waals surface area contributed by atoms with Gasteiger partial charge in [0.1, 0.15) is 4.21 Å². The largest absolute Gasteiger partial charge is 0.251 e. The molecule has 0 fully saturated rings. The topological polar surface area (TPSA) is 46.2 Å². The van der Waals surface area contributed by atoms with Gasteiger partial charge in [0, 0.05) is 10.5 Å². The van der Waals surface area contributed by atoms with E-state index in [0.29, 0.717) is 8.68 Å². The van der Waals surface area contributed by atoms with E-state index in [1.165, 1.54) is 11.3 Å². The van der Waals surface area contributed by atoms with Crippen molar-refractivity contribution >= 4 is 37.3 Å². The third kappa shape index (κ3) is 3.00. The Kier molecular flexibility index (Phi) is 4.21. The van der Waals surface area contributed by atoms with Crippen molar-refractivity contribution in [3.05, 3.63) is 51.8 Å². The predicted molar refractivity (Wildman–Crippen MR) is 77.2 cm³/mol. The average molecular weight is 346 g/mol. The third-order valence-corrected chi connectivity index (χ3v) is 6.67. The summed E-state index contributed by atoms with van der Waals surface area (Å²) in [6.07, 6.45) is 0. The molecule has 0 aliphatic carbocycles. The lowest BCUT2D eigenvalue weighted by Crippen LogP contribution is -2.26. The van der Waals surface area contributed by atoms with Crippen LogP contribution in [0.25, 0.3) is 0 Å². The smallest absolute Gasteiger partial charge is 0.206 e. The van der Waals surface area contributed by atoms with E-state index in [1.54, 1.807) is 11.4 Å². The summed E-state index contributed by atoms with van der Waals surface area (Å²) in [6.45, 7) is 1.83. The van der Waals surface area contributed by atoms with E-state index in [0.717, 1.165) is 5.56 Å². The van der Waals surface area contributed by atoms with Crippen molar-refractivity contribution in [1.29, 1.82) is 0 Å². The van der Waals surface area contributed by atoms with E-state index in [-0.39, 0.29) is 6.04 Å². The molecule has 3 nitrogen and oxygen atoms in total. The molecule has 0 radical (unpaired) electrons. The van der Waals surface area contributed by atoms with Crippen molar-refractivity contribution in [1.82, 2.24) is 4.72 Å². The maximum atomic E-state index is 12.2. The van der Waals surface area contributed by atoms with Crippen molar-refractivity contribution in [3.63, 3.8) is 0 Å². The van der Waals surface area contributed by atoms with Gasteiger partial charge in [0.15, 0.2) is 0 Å². The zero-order valence-electron chi connectivity index (χ0n) is 9.63. The lowest BCUT2D eigenvalue weighted by molar-refractivity contribution is 0.568. The van der Waals surface area contributed by atoms with E-state index >= 15 is 0 Å². The summed E-state index contributed by atoms with van der Waals surface area (Å²) < 4.78 is 27.9. The highest BCUT2D eigenvalue weighted by atomic mass is 79.9. The van der Waals surface area contributed by atoms with Gasteiger partial charge in [0.05, 0.1) is 0 Å². The Bertz CT molecular complexity index is 623. The van der Waals surface area contributed by atoms with Crippen LogP contribution in [0.5, 0.6) is 0 Å². The minimum Gasteiger partial charge on any atom is -0.206 e. The molecule has 0 amide bonds. The molecule has 6 heteroatoms. The van der Waals surface area contributed by atoms with Crippen molar-refractivity contribution in [2.45, 2.75) is 17.2 Å². The number of hydrogen-bond donors (Lipinski definition) is 1. The highest BCUT2D eigenvalue weighted by Gasteiger charge is 2.21. The Hall–Kier alpha value is -0.690. The molecule has 1 aromatic carbocycles. The highest BCUT2D eigenvalue weighted by Crippen LogP contribution is 2.28. The number of halogens is 1. The molecule has 0 bridgehead atoms. The van der Waals surface area contributed by atoms with E-state index in [2.05, 4.69) is 20.7 Å². The van der Waals surface area contributed by atoms with Gasteiger partial charge in [0.25, 0.3) is 10.0 Å². The van der Waals surface area contributed by atoms with Crippen LogP contribution in [-0.4, -0.2) is 8.42 Å². The van der Waals surface area contributed by atoms with Crippen LogP contribution in [0.2, 0.25) is 0 Å². The lowest BCUT2D eigenvalue weighted by atomic mass is 10.1. The predicted octanol–water partition coefficient (Wildman–Crippen LogP) is 3.55. The summed E-state index contributed by atoms with van der Waals surface area (Å²) in [5.41, 5.74) is 0.939. The maximum Gasteiger partial charge on any atom is 0.251 e. The first-order chi connectivity index (χ1) is 8.50. The first-order valence-corrected chi connectivity index (χ1v) is 8.46. The molecule has 0 aliphatic heterocycles. The van der Waals surface area contributed by atoms with E-state index in [9.17, 15) is 8.42 Å². The molecule has 1 atom stereocenters. The second-order valence-corrected chi connectivity index (χ2v) is 7.49. The molecule has 1 aromatic heterocycles. The van der Waals surface area contributed by atoms with Gasteiger partial charge in [-0.05, 0) is 39.9 Å². The monoisotopic (exact) mass is 345 g/mol. The molecule has 0 spiro atoms. The molecule has 0 unspecified atom stereocenters. The minimum atomic E-state index is -3.47. The standard InChI is InChI=1S/C12H12BrNO2S2/c1-9(10-5-3-2-4-6-10)14-18(15,16)12-11(13)7-8-17-12/h2-9,14H,1H3/t9-/m1/s1. The lowest BCUT2D eigenvalue weighted by Gasteiger charge is -2.13. The summed E-state index contributed by atoms with van der Waals surface area (Å²) in [6, 6.07) is 11.0. The fourth-order valence-electron chi connectivity index (χ4n) is 1.57. The number of benzene rings is 1. The molecule has 0 saturated heterocycles. The molecule has 1 heterocycles. The van der Waals surface area contributed by atoms with E-state index < -0.39 is 10.0 Å². The Balaban J connectivity index is 2.22. The Morgan fingerprint density at radius 3 is 2.44 bits per heavy atom. The van der Waals surface area contributed by atoms with Gasteiger partial charge in [-0.15, -0.1) is 11.3 Å². The van der Waals surface area contributed by atoms with E-state index in [4.69, 9.17) is 0 Å². The van der Waals surface area contributed by atoms with Crippen molar-refractivity contribution < 1.29 is 8.42 Å². The van der Waals surface area contributed by atoms with Gasteiger partial charge in [-0.25, -0.2) is 13.1 Å². The van der Waals surface area contributed by atoms with Crippen LogP contribution in [0.15, 0.2) is 50.5 Å². The summed E-state index contributed by atoms with van der Waals surface area (Å²) in [5, 5.41) is 1.74. The van der Waals surface area contributed by atoms with Crippen molar-refractivity contribution in [2.75, 3.05) is 0 Å². The number of rotatable bonds is 4. The normalized spacial score (nSPS) is 13.4. The van der Waals surface area contributed by atoms with Gasteiger partial charge < -0.3 is 0 Å². The summed E-state index contributed by atoms with van der Waals surface area (Å²) in [5.74, 6) is 0. The van der Waals surface area contributed by atoms with Crippen LogP contribution >= 0.6 is 27.3 Å². The van der Waals surface area contributed by atoms with Crippen LogP contribution in [0.3, 0.4) is 0 Å². The zero-order chi connectivity index (χ0) is 13.2. The molecular formula is C12H12BrNO2S2. The molecule has 0 aliphatic rings. The summed E-state index contributed by atoms with van der Waals surface area (Å²) in [7, 11) is -3.47. The fourth-order valence-corrected chi connectivity index (χ4v) is 5.15. The molecule has 2 aromatic rings. The van der Waals surface area contributed by atoms with Crippen LogP contribution in [0.1, 0.15) is 18.5 Å². The Labute approximate surface area is 119 Å². The number of sulfonamides is 1. The van der Waals surface area contributed by atoms with Crippen molar-refractivity contribution in [2.24, 2.45) is 0 Å². The third-order valence-electron chi connectivity index (χ3n) is 2.46. The molecule has 1 N–H and O–H groups in total. The van der Waals surface area contributed by atoms with Crippen LogP contribution in [0.4, 0.5) is 0 Å². The van der Waals surface area contributed by atoms with Crippen molar-refractivity contribution in [3.8, 4) is 0 Å². The molecule has 2 rings (SSSR count). The average Bonchev–Trinajstić information content (AvgIpc) is 2.77. The molecule has 18 heavy (non-hydrogen) atoms. The van der Waals surface area contributed by atoms with Gasteiger partial charge in [-0.3, -0.25) is 0 Å². The zero-order valence-corrected chi connectivity index (χ0v) is 12.8. The number of hydrogen-bond acceptors (Lipinski definition) is 3. The number of nitrogens with one attached hydrogen (secondary N) is 1. The van der Waals surface area contributed by atoms with Crippen LogP contribution < -0.4 is 4.72 Å². The van der Waals surface area contributed by atoms with Gasteiger partial charge in [0.2, 0.25) is 0 Å². The first kappa shape index (κ1) is 13.7. The van der Waals surface area contributed by atoms with Gasteiger partial charge in [-0.1, -0.05) is 30.3 Å². The molecule has 96 valence electrons. The van der Waals surface area contributed by atoms with Crippen LogP contribution in [0, 0.1) is 0 Å². The Morgan fingerprint density at radius 1 is 1.22 bits per heavy atom. The molecular weight excluding hydrogens is 334 g/mol. The van der Waals surface area contributed by atoms with Crippen LogP contribution in [-0.2, 0) is 10.0 Å². The maximum absolute atomic E-state index is 12.2. The second-order valence-electron chi connectivity index (χ2n) is 3.81. The minimum absolute atomic E-state index is 0.259. The molecule has 0 saturated carbocycles. The Morgan fingerprint density at radius 2 is 1.89 bits per heavy atom. The van der Waals surface area contributed by atoms with Gasteiger partial charge >= 0.3 is 0 Å². The second kappa shape index (κ2) is 5.52. The summed E-state index contributed by atoms with van der Waals surface area (Å²) >= 11 is 4.44. The fraction of sp³-hybridized carbons (Fsp3) is 0.167. The van der Waals surface area contributed by atoms with Gasteiger partial charge in [-0.2, -0.15) is 0 Å². The quantitative estimate of drug-likeness (QED) is 0.920. The SMILES string of the molecule is C[C@@H](NS(=O)(=O)c1sccc1Br)c1ccccc1. The first-order valence-electron chi connectivity index (χ1n) is 5.31. The summed E-state index contributed by atoms with van der Waals surface area (Å²) in [4.78, 5) is 0. The van der Waals surface area contributed by atoms with E-state index in [1.807, 2.05) is 37.3 Å². The highest BCUT2D eigenvalue weighted by molar-refractivity contribution is 9.10. The number of thiophene rings is 1.